The number of rotatable bonds is 2. The Bertz CT molecular complexity index is 977. The smallest absolute Gasteiger partial charge is 0.256 e. The van der Waals surface area contributed by atoms with E-state index in [1.165, 1.54) is 18.5 Å². The molecule has 2 amide bonds. The highest BCUT2D eigenvalue weighted by atomic mass is 19.1. The molecule has 3 aromatic rings. The number of benzene rings is 2. The fourth-order valence-electron chi connectivity index (χ4n) is 3.09. The van der Waals surface area contributed by atoms with Gasteiger partial charge in [-0.2, -0.15) is 0 Å². The zero-order chi connectivity index (χ0) is 18.1. The number of amides is 2. The van der Waals surface area contributed by atoms with Crippen molar-refractivity contribution in [1.82, 2.24) is 14.8 Å². The molecule has 2 aromatic carbocycles. The molecule has 1 saturated heterocycles. The van der Waals surface area contributed by atoms with E-state index >= 15 is 0 Å². The first kappa shape index (κ1) is 16.3. The van der Waals surface area contributed by atoms with Crippen molar-refractivity contribution >= 4 is 22.9 Å². The minimum absolute atomic E-state index is 0.0584. The Morgan fingerprint density at radius 3 is 2.38 bits per heavy atom. The largest absolute Gasteiger partial charge is 0.443 e. The third-order valence-electron chi connectivity index (χ3n) is 4.54. The summed E-state index contributed by atoms with van der Waals surface area (Å²) in [7, 11) is 0. The monoisotopic (exact) mass is 353 g/mol. The molecule has 1 aromatic heterocycles. The van der Waals surface area contributed by atoms with E-state index in [9.17, 15) is 14.0 Å². The minimum Gasteiger partial charge on any atom is -0.443 e. The van der Waals surface area contributed by atoms with Crippen molar-refractivity contribution in [1.29, 1.82) is 0 Å². The fraction of sp³-hybridized carbons (Fsp3) is 0.211. The molecule has 1 aliphatic rings. The molecule has 0 aliphatic carbocycles. The molecule has 0 unspecified atom stereocenters. The number of oxazole rings is 1. The van der Waals surface area contributed by atoms with Crippen LogP contribution in [0.2, 0.25) is 0 Å². The van der Waals surface area contributed by atoms with Gasteiger partial charge in [0.25, 0.3) is 11.8 Å². The van der Waals surface area contributed by atoms with Gasteiger partial charge in [0.15, 0.2) is 12.0 Å². The number of piperazine rings is 1. The Kier molecular flexibility index (Phi) is 4.12. The molecule has 0 atom stereocenters. The Morgan fingerprint density at radius 2 is 1.65 bits per heavy atom. The first-order valence-electron chi connectivity index (χ1n) is 8.30. The molecule has 0 spiro atoms. The van der Waals surface area contributed by atoms with Crippen LogP contribution in [0.4, 0.5) is 4.39 Å². The Morgan fingerprint density at radius 1 is 0.962 bits per heavy atom. The molecular formula is C19H16FN3O3. The van der Waals surface area contributed by atoms with Crippen LogP contribution in [-0.4, -0.2) is 52.8 Å². The number of aromatic nitrogens is 1. The van der Waals surface area contributed by atoms with Crippen LogP contribution in [-0.2, 0) is 0 Å². The van der Waals surface area contributed by atoms with Crippen LogP contribution < -0.4 is 0 Å². The van der Waals surface area contributed by atoms with Crippen LogP contribution in [0.3, 0.4) is 0 Å². The van der Waals surface area contributed by atoms with Crippen molar-refractivity contribution < 1.29 is 18.4 Å². The van der Waals surface area contributed by atoms with E-state index in [0.717, 1.165) is 0 Å². The van der Waals surface area contributed by atoms with Crippen LogP contribution in [0.1, 0.15) is 20.7 Å². The quantitative estimate of drug-likeness (QED) is 0.710. The second kappa shape index (κ2) is 6.59. The number of nitrogens with zero attached hydrogens (tertiary/aromatic N) is 3. The fourth-order valence-corrected chi connectivity index (χ4v) is 3.09. The molecule has 1 aliphatic heterocycles. The SMILES string of the molecule is O=C(c1ccc2ncoc2c1)N1CCN(C(=O)c2ccccc2F)CC1. The maximum Gasteiger partial charge on any atom is 0.256 e. The number of halogens is 1. The molecule has 0 radical (unpaired) electrons. The van der Waals surface area contributed by atoms with Gasteiger partial charge in [0.1, 0.15) is 11.3 Å². The standard InChI is InChI=1S/C19H16FN3O3/c20-15-4-2-1-3-14(15)19(25)23-9-7-22(8-10-23)18(24)13-5-6-16-17(11-13)26-12-21-16/h1-6,11-12H,7-10H2. The lowest BCUT2D eigenvalue weighted by Crippen LogP contribution is -2.50. The molecular weight excluding hydrogens is 337 g/mol. The number of hydrogen-bond donors (Lipinski definition) is 0. The minimum atomic E-state index is -0.531. The van der Waals surface area contributed by atoms with Crippen molar-refractivity contribution in [2.24, 2.45) is 0 Å². The molecule has 26 heavy (non-hydrogen) atoms. The Balaban J connectivity index is 1.43. The van der Waals surface area contributed by atoms with Crippen LogP contribution in [0.15, 0.2) is 53.3 Å². The summed E-state index contributed by atoms with van der Waals surface area (Å²) < 4.78 is 19.0. The number of hydrogen-bond acceptors (Lipinski definition) is 4. The molecule has 4 rings (SSSR count). The second-order valence-electron chi connectivity index (χ2n) is 6.10. The summed E-state index contributed by atoms with van der Waals surface area (Å²) in [5, 5.41) is 0. The predicted octanol–water partition coefficient (Wildman–Crippen LogP) is 2.57. The van der Waals surface area contributed by atoms with Crippen molar-refractivity contribution in [2.75, 3.05) is 26.2 Å². The topological polar surface area (TPSA) is 66.7 Å². The summed E-state index contributed by atoms with van der Waals surface area (Å²) in [6, 6.07) is 11.0. The maximum atomic E-state index is 13.8. The van der Waals surface area contributed by atoms with Crippen LogP contribution in [0.5, 0.6) is 0 Å². The van der Waals surface area contributed by atoms with Gasteiger partial charge in [-0.25, -0.2) is 9.37 Å². The number of carbonyl (C=O) groups is 2. The summed E-state index contributed by atoms with van der Waals surface area (Å²) in [6.07, 6.45) is 1.34. The van der Waals surface area contributed by atoms with Crippen molar-refractivity contribution in [3.05, 3.63) is 65.8 Å². The van der Waals surface area contributed by atoms with Gasteiger partial charge in [-0.15, -0.1) is 0 Å². The lowest BCUT2D eigenvalue weighted by Gasteiger charge is -2.34. The van der Waals surface area contributed by atoms with Crippen molar-refractivity contribution in [2.45, 2.75) is 0 Å². The van der Waals surface area contributed by atoms with Gasteiger partial charge >= 0.3 is 0 Å². The Labute approximate surface area is 148 Å². The maximum absolute atomic E-state index is 13.8. The summed E-state index contributed by atoms with van der Waals surface area (Å²) in [5.41, 5.74) is 1.83. The zero-order valence-electron chi connectivity index (χ0n) is 13.9. The normalized spacial score (nSPS) is 14.7. The average molecular weight is 353 g/mol. The first-order chi connectivity index (χ1) is 12.6. The van der Waals surface area contributed by atoms with Crippen molar-refractivity contribution in [3.8, 4) is 0 Å². The highest BCUT2D eigenvalue weighted by Gasteiger charge is 2.26. The molecule has 6 nitrogen and oxygen atoms in total. The number of carbonyl (C=O) groups excluding carboxylic acids is 2. The van der Waals surface area contributed by atoms with Crippen LogP contribution in [0, 0.1) is 5.82 Å². The molecule has 132 valence electrons. The van der Waals surface area contributed by atoms with Gasteiger partial charge in [-0.05, 0) is 30.3 Å². The second-order valence-corrected chi connectivity index (χ2v) is 6.10. The highest BCUT2D eigenvalue weighted by molar-refractivity contribution is 5.97. The van der Waals surface area contributed by atoms with Gasteiger partial charge in [0.05, 0.1) is 5.56 Å². The van der Waals surface area contributed by atoms with Crippen LogP contribution >= 0.6 is 0 Å². The van der Waals surface area contributed by atoms with Crippen molar-refractivity contribution in [3.63, 3.8) is 0 Å². The average Bonchev–Trinajstić information content (AvgIpc) is 3.15. The van der Waals surface area contributed by atoms with E-state index < -0.39 is 5.82 Å². The van der Waals surface area contributed by atoms with E-state index in [2.05, 4.69) is 4.98 Å². The molecule has 2 heterocycles. The molecule has 0 N–H and O–H groups in total. The summed E-state index contributed by atoms with van der Waals surface area (Å²) in [6.45, 7) is 1.52. The van der Waals surface area contributed by atoms with Gasteiger partial charge < -0.3 is 14.2 Å². The van der Waals surface area contributed by atoms with Gasteiger partial charge in [-0.3, -0.25) is 9.59 Å². The summed E-state index contributed by atoms with van der Waals surface area (Å²) in [5.74, 6) is -1.00. The van der Waals surface area contributed by atoms with Gasteiger partial charge in [0.2, 0.25) is 0 Å². The highest BCUT2D eigenvalue weighted by Crippen LogP contribution is 2.17. The van der Waals surface area contributed by atoms with Crippen LogP contribution in [0.25, 0.3) is 11.1 Å². The predicted molar refractivity (Wildman–Crippen MR) is 92.2 cm³/mol. The molecule has 0 bridgehead atoms. The molecule has 0 saturated carbocycles. The van der Waals surface area contributed by atoms with Gasteiger partial charge in [-0.1, -0.05) is 12.1 Å². The van der Waals surface area contributed by atoms with E-state index in [1.807, 2.05) is 0 Å². The van der Waals surface area contributed by atoms with Gasteiger partial charge in [0, 0.05) is 31.7 Å². The summed E-state index contributed by atoms with van der Waals surface area (Å²) in [4.78, 5) is 32.4. The molecule has 7 heteroatoms. The zero-order valence-corrected chi connectivity index (χ0v) is 13.9. The van der Waals surface area contributed by atoms with E-state index in [4.69, 9.17) is 4.42 Å². The van der Waals surface area contributed by atoms with E-state index in [1.54, 1.807) is 40.1 Å². The Hall–Kier alpha value is -3.22. The summed E-state index contributed by atoms with van der Waals surface area (Å²) >= 11 is 0. The molecule has 1 fully saturated rings. The third-order valence-corrected chi connectivity index (χ3v) is 4.54. The van der Waals surface area contributed by atoms with E-state index in [0.29, 0.717) is 42.8 Å². The first-order valence-corrected chi connectivity index (χ1v) is 8.30. The number of fused-ring (bicyclic) bond motifs is 1. The third kappa shape index (κ3) is 2.92. The van der Waals surface area contributed by atoms with E-state index in [-0.39, 0.29) is 17.4 Å². The lowest BCUT2D eigenvalue weighted by molar-refractivity contribution is 0.0533. The lowest BCUT2D eigenvalue weighted by atomic mass is 10.1.